The molecular weight excluding hydrogens is 378 g/mol. The van der Waals surface area contributed by atoms with Crippen molar-refractivity contribution in [1.29, 1.82) is 5.26 Å². The molecule has 8 nitrogen and oxygen atoms in total. The number of ether oxygens (including phenoxy) is 1. The van der Waals surface area contributed by atoms with Gasteiger partial charge in [-0.2, -0.15) is 15.3 Å². The van der Waals surface area contributed by atoms with Gasteiger partial charge < -0.3 is 15.4 Å². The van der Waals surface area contributed by atoms with Crippen LogP contribution in [0.2, 0.25) is 0 Å². The fourth-order valence-electron chi connectivity index (χ4n) is 3.23. The van der Waals surface area contributed by atoms with Crippen LogP contribution >= 0.6 is 0 Å². The molecule has 8 heteroatoms. The smallest absolute Gasteiger partial charge is 0.229 e. The quantitative estimate of drug-likeness (QED) is 0.417. The van der Waals surface area contributed by atoms with Gasteiger partial charge in [-0.05, 0) is 49.2 Å². The highest BCUT2D eigenvalue weighted by molar-refractivity contribution is 5.91. The van der Waals surface area contributed by atoms with Crippen molar-refractivity contribution in [3.05, 3.63) is 60.3 Å². The summed E-state index contributed by atoms with van der Waals surface area (Å²) < 4.78 is 5.29. The highest BCUT2D eigenvalue weighted by atomic mass is 16.5. The molecule has 2 aromatic heterocycles. The number of hydrogen-bond acceptors (Lipinski definition) is 7. The SMILES string of the molecule is N#CCOc1ccc(Nc2nc(Nc3cc(C4CC4)[nH]n3)c3ccccc3n2)cc1. The molecule has 0 unspecified atom stereocenters. The number of anilines is 4. The van der Waals surface area contributed by atoms with Crippen LogP contribution in [-0.2, 0) is 0 Å². The first-order valence-electron chi connectivity index (χ1n) is 9.74. The molecule has 2 heterocycles. The average molecular weight is 397 g/mol. The average Bonchev–Trinajstić information content (AvgIpc) is 3.52. The van der Waals surface area contributed by atoms with Crippen molar-refractivity contribution in [3.8, 4) is 11.8 Å². The second kappa shape index (κ2) is 7.72. The Balaban J connectivity index is 1.41. The molecule has 1 aliphatic carbocycles. The van der Waals surface area contributed by atoms with E-state index in [0.717, 1.165) is 28.1 Å². The Hall–Kier alpha value is -4.12. The number of fused-ring (bicyclic) bond motifs is 1. The molecular formula is C22H19N7O. The lowest BCUT2D eigenvalue weighted by Crippen LogP contribution is -2.02. The van der Waals surface area contributed by atoms with Crippen molar-refractivity contribution in [2.75, 3.05) is 17.2 Å². The van der Waals surface area contributed by atoms with Crippen molar-refractivity contribution in [1.82, 2.24) is 20.2 Å². The van der Waals surface area contributed by atoms with Crippen molar-refractivity contribution >= 4 is 34.2 Å². The van der Waals surface area contributed by atoms with E-state index in [9.17, 15) is 0 Å². The van der Waals surface area contributed by atoms with Gasteiger partial charge >= 0.3 is 0 Å². The summed E-state index contributed by atoms with van der Waals surface area (Å²) in [6.45, 7) is 0.0191. The number of hydrogen-bond donors (Lipinski definition) is 3. The molecule has 148 valence electrons. The van der Waals surface area contributed by atoms with Gasteiger partial charge in [-0.15, -0.1) is 0 Å². The van der Waals surface area contributed by atoms with Gasteiger partial charge in [0.1, 0.15) is 17.6 Å². The van der Waals surface area contributed by atoms with Crippen molar-refractivity contribution < 1.29 is 4.74 Å². The highest BCUT2D eigenvalue weighted by Gasteiger charge is 2.25. The third kappa shape index (κ3) is 3.86. The topological polar surface area (TPSA) is 112 Å². The zero-order valence-corrected chi connectivity index (χ0v) is 16.1. The van der Waals surface area contributed by atoms with E-state index >= 15 is 0 Å². The zero-order chi connectivity index (χ0) is 20.3. The molecule has 0 saturated heterocycles. The summed E-state index contributed by atoms with van der Waals surface area (Å²) in [5.74, 6) is 3.14. The normalized spacial score (nSPS) is 13.0. The molecule has 0 bridgehead atoms. The Bertz CT molecular complexity index is 1220. The number of nitrogens with zero attached hydrogens (tertiary/aromatic N) is 4. The predicted octanol–water partition coefficient (Wildman–Crippen LogP) is 4.62. The monoisotopic (exact) mass is 397 g/mol. The van der Waals surface area contributed by atoms with E-state index in [1.165, 1.54) is 12.8 Å². The van der Waals surface area contributed by atoms with Gasteiger partial charge in [0.2, 0.25) is 5.95 Å². The molecule has 1 fully saturated rings. The highest BCUT2D eigenvalue weighted by Crippen LogP contribution is 2.39. The van der Waals surface area contributed by atoms with Gasteiger partial charge in [-0.25, -0.2) is 4.98 Å². The number of nitriles is 1. The number of aromatic nitrogens is 4. The molecule has 0 amide bonds. The lowest BCUT2D eigenvalue weighted by atomic mass is 10.2. The van der Waals surface area contributed by atoms with Crippen molar-refractivity contribution in [2.24, 2.45) is 0 Å². The zero-order valence-electron chi connectivity index (χ0n) is 16.1. The number of H-pyrrole nitrogens is 1. The van der Waals surface area contributed by atoms with E-state index in [1.54, 1.807) is 12.1 Å². The van der Waals surface area contributed by atoms with E-state index in [-0.39, 0.29) is 6.61 Å². The second-order valence-electron chi connectivity index (χ2n) is 7.12. The van der Waals surface area contributed by atoms with Crippen molar-refractivity contribution in [3.63, 3.8) is 0 Å². The number of aromatic amines is 1. The predicted molar refractivity (Wildman–Crippen MR) is 114 cm³/mol. The van der Waals surface area contributed by atoms with E-state index < -0.39 is 0 Å². The van der Waals surface area contributed by atoms with Gasteiger partial charge in [0.05, 0.1) is 5.52 Å². The van der Waals surface area contributed by atoms with Crippen LogP contribution in [0, 0.1) is 11.3 Å². The van der Waals surface area contributed by atoms with E-state index in [2.05, 4.69) is 30.8 Å². The lowest BCUT2D eigenvalue weighted by Gasteiger charge is -2.11. The molecule has 0 aliphatic heterocycles. The minimum Gasteiger partial charge on any atom is -0.479 e. The maximum atomic E-state index is 8.61. The molecule has 3 N–H and O–H groups in total. The fourth-order valence-corrected chi connectivity index (χ4v) is 3.23. The number of nitrogens with one attached hydrogen (secondary N) is 3. The lowest BCUT2D eigenvalue weighted by molar-refractivity contribution is 0.368. The van der Waals surface area contributed by atoms with Gasteiger partial charge in [-0.1, -0.05) is 12.1 Å². The minimum atomic E-state index is 0.0191. The van der Waals surface area contributed by atoms with E-state index in [0.29, 0.717) is 23.4 Å². The molecule has 0 atom stereocenters. The summed E-state index contributed by atoms with van der Waals surface area (Å²) in [4.78, 5) is 9.30. The summed E-state index contributed by atoms with van der Waals surface area (Å²) in [6.07, 6.45) is 2.43. The summed E-state index contributed by atoms with van der Waals surface area (Å²) in [6, 6.07) is 19.1. The first-order valence-corrected chi connectivity index (χ1v) is 9.74. The van der Waals surface area contributed by atoms with Crippen molar-refractivity contribution in [2.45, 2.75) is 18.8 Å². The van der Waals surface area contributed by atoms with E-state index in [1.807, 2.05) is 48.5 Å². The Morgan fingerprint density at radius 1 is 1.07 bits per heavy atom. The van der Waals surface area contributed by atoms with Gasteiger partial charge in [0.15, 0.2) is 12.4 Å². The van der Waals surface area contributed by atoms with E-state index in [4.69, 9.17) is 10.00 Å². The third-order valence-electron chi connectivity index (χ3n) is 4.88. The molecule has 4 aromatic rings. The van der Waals surface area contributed by atoms with Gasteiger partial charge in [0.25, 0.3) is 0 Å². The van der Waals surface area contributed by atoms with Gasteiger partial charge in [-0.3, -0.25) is 5.10 Å². The molecule has 2 aromatic carbocycles. The van der Waals surface area contributed by atoms with Crippen LogP contribution in [0.1, 0.15) is 24.5 Å². The first-order chi connectivity index (χ1) is 14.8. The number of rotatable bonds is 7. The van der Waals surface area contributed by atoms with Crippen LogP contribution in [0.3, 0.4) is 0 Å². The Morgan fingerprint density at radius 3 is 2.70 bits per heavy atom. The molecule has 0 spiro atoms. The second-order valence-corrected chi connectivity index (χ2v) is 7.12. The molecule has 1 saturated carbocycles. The van der Waals surface area contributed by atoms with Gasteiger partial charge in [0, 0.05) is 28.8 Å². The Morgan fingerprint density at radius 2 is 1.90 bits per heavy atom. The third-order valence-corrected chi connectivity index (χ3v) is 4.88. The number of benzene rings is 2. The fraction of sp³-hybridized carbons (Fsp3) is 0.182. The van der Waals surface area contributed by atoms with Crippen LogP contribution in [0.25, 0.3) is 10.9 Å². The Kier molecular flexibility index (Phi) is 4.62. The number of para-hydroxylation sites is 1. The molecule has 1 aliphatic rings. The first kappa shape index (κ1) is 17.9. The van der Waals surface area contributed by atoms with Crippen LogP contribution in [0.5, 0.6) is 5.75 Å². The summed E-state index contributed by atoms with van der Waals surface area (Å²) in [7, 11) is 0. The van der Waals surface area contributed by atoms with Crippen LogP contribution in [0.15, 0.2) is 54.6 Å². The summed E-state index contributed by atoms with van der Waals surface area (Å²) in [5.41, 5.74) is 2.80. The van der Waals surface area contributed by atoms with Crippen LogP contribution in [0.4, 0.5) is 23.3 Å². The summed E-state index contributed by atoms with van der Waals surface area (Å²) in [5, 5.41) is 23.6. The maximum absolute atomic E-state index is 8.61. The maximum Gasteiger partial charge on any atom is 0.229 e. The molecule has 30 heavy (non-hydrogen) atoms. The Labute approximate surface area is 172 Å². The largest absolute Gasteiger partial charge is 0.479 e. The minimum absolute atomic E-state index is 0.0191. The van der Waals surface area contributed by atoms with Crippen LogP contribution < -0.4 is 15.4 Å². The summed E-state index contributed by atoms with van der Waals surface area (Å²) >= 11 is 0. The molecule has 5 rings (SSSR count). The standard InChI is InChI=1S/C22H19N7O/c23-11-12-30-16-9-7-15(8-10-16)24-22-25-18-4-2-1-3-17(18)21(27-22)26-20-13-19(28-29-20)14-5-6-14/h1-4,7-10,13-14H,5-6,12H2,(H3,24,25,26,27,28,29). The van der Waals surface area contributed by atoms with Crippen LogP contribution in [-0.4, -0.2) is 26.8 Å². The molecule has 0 radical (unpaired) electrons.